The highest BCUT2D eigenvalue weighted by Gasteiger charge is 2.34. The van der Waals surface area contributed by atoms with Crippen molar-refractivity contribution in [2.24, 2.45) is 5.92 Å². The van der Waals surface area contributed by atoms with Crippen LogP contribution in [0.2, 0.25) is 10.0 Å². The van der Waals surface area contributed by atoms with Gasteiger partial charge < -0.3 is 10.4 Å². The first-order chi connectivity index (χ1) is 10.9. The van der Waals surface area contributed by atoms with Gasteiger partial charge in [0.1, 0.15) is 4.90 Å². The summed E-state index contributed by atoms with van der Waals surface area (Å²) in [5.41, 5.74) is 0. The Kier molecular flexibility index (Phi) is 6.27. The van der Waals surface area contributed by atoms with Crippen LogP contribution in [0.15, 0.2) is 23.1 Å². The molecule has 0 bridgehead atoms. The maximum atomic E-state index is 12.8. The van der Waals surface area contributed by atoms with E-state index in [1.165, 1.54) is 22.5 Å². The third-order valence-corrected chi connectivity index (χ3v) is 6.26. The average molecular weight is 381 g/mol. The van der Waals surface area contributed by atoms with Crippen molar-refractivity contribution in [2.75, 3.05) is 26.2 Å². The standard InChI is InChI=1S/C14H18Cl2N2O4S/c15-11-3-4-12(16)13(8-11)23(21,22)18-6-1-2-10(9-18)14(20)17-5-7-19/h3-4,8,10,19H,1-2,5-7,9H2,(H,17,20)/t10-/m0/s1. The highest BCUT2D eigenvalue weighted by molar-refractivity contribution is 7.89. The van der Waals surface area contributed by atoms with Crippen LogP contribution in [0.5, 0.6) is 0 Å². The van der Waals surface area contributed by atoms with Crippen LogP contribution in [0.3, 0.4) is 0 Å². The van der Waals surface area contributed by atoms with Crippen molar-refractivity contribution in [3.63, 3.8) is 0 Å². The van der Waals surface area contributed by atoms with E-state index < -0.39 is 15.9 Å². The molecule has 0 radical (unpaired) electrons. The summed E-state index contributed by atoms with van der Waals surface area (Å²) in [7, 11) is -3.81. The number of aliphatic hydroxyl groups excluding tert-OH is 1. The number of amides is 1. The molecule has 1 aliphatic rings. The normalized spacial score (nSPS) is 19.5. The molecule has 6 nitrogen and oxygen atoms in total. The first kappa shape index (κ1) is 18.5. The Morgan fingerprint density at radius 3 is 2.83 bits per heavy atom. The van der Waals surface area contributed by atoms with Crippen LogP contribution in [0.1, 0.15) is 12.8 Å². The van der Waals surface area contributed by atoms with E-state index in [9.17, 15) is 13.2 Å². The molecule has 0 aromatic heterocycles. The number of halogens is 2. The first-order valence-electron chi connectivity index (χ1n) is 7.20. The zero-order valence-electron chi connectivity index (χ0n) is 12.3. The zero-order chi connectivity index (χ0) is 17.0. The fraction of sp³-hybridized carbons (Fsp3) is 0.500. The van der Waals surface area contributed by atoms with Crippen LogP contribution in [0.25, 0.3) is 0 Å². The minimum atomic E-state index is -3.81. The van der Waals surface area contributed by atoms with Crippen LogP contribution in [-0.2, 0) is 14.8 Å². The van der Waals surface area contributed by atoms with E-state index in [1.54, 1.807) is 0 Å². The number of nitrogens with zero attached hydrogens (tertiary/aromatic N) is 1. The van der Waals surface area contributed by atoms with Crippen molar-refractivity contribution in [1.29, 1.82) is 0 Å². The molecule has 1 aromatic rings. The van der Waals surface area contributed by atoms with Gasteiger partial charge in [-0.25, -0.2) is 8.42 Å². The lowest BCUT2D eigenvalue weighted by Gasteiger charge is -2.31. The van der Waals surface area contributed by atoms with Crippen LogP contribution in [-0.4, -0.2) is 50.0 Å². The summed E-state index contributed by atoms with van der Waals surface area (Å²) in [6, 6.07) is 4.27. The van der Waals surface area contributed by atoms with E-state index >= 15 is 0 Å². The minimum absolute atomic E-state index is 0.0527. The summed E-state index contributed by atoms with van der Waals surface area (Å²) in [5.74, 6) is -0.695. The predicted octanol–water partition coefficient (Wildman–Crippen LogP) is 1.50. The van der Waals surface area contributed by atoms with Crippen molar-refractivity contribution >= 4 is 39.1 Å². The molecular formula is C14H18Cl2N2O4S. The highest BCUT2D eigenvalue weighted by atomic mass is 35.5. The van der Waals surface area contributed by atoms with Gasteiger partial charge in [-0.15, -0.1) is 0 Å². The van der Waals surface area contributed by atoms with Gasteiger partial charge in [0.25, 0.3) is 0 Å². The lowest BCUT2D eigenvalue weighted by molar-refractivity contribution is -0.126. The van der Waals surface area contributed by atoms with Gasteiger partial charge in [0, 0.05) is 24.7 Å². The Morgan fingerprint density at radius 2 is 2.13 bits per heavy atom. The van der Waals surface area contributed by atoms with Crippen molar-refractivity contribution in [3.8, 4) is 0 Å². The molecular weight excluding hydrogens is 363 g/mol. The van der Waals surface area contributed by atoms with E-state index in [0.717, 1.165) is 0 Å². The summed E-state index contributed by atoms with van der Waals surface area (Å²) in [6.07, 6.45) is 1.18. The second kappa shape index (κ2) is 7.81. The number of carbonyl (C=O) groups is 1. The van der Waals surface area contributed by atoms with Crippen molar-refractivity contribution < 1.29 is 18.3 Å². The predicted molar refractivity (Wildman–Crippen MR) is 88.0 cm³/mol. The number of benzene rings is 1. The molecule has 1 atom stereocenters. The third-order valence-electron chi connectivity index (χ3n) is 3.68. The van der Waals surface area contributed by atoms with Gasteiger partial charge in [-0.1, -0.05) is 23.2 Å². The van der Waals surface area contributed by atoms with Gasteiger partial charge in [-0.3, -0.25) is 4.79 Å². The molecule has 1 aromatic carbocycles. The van der Waals surface area contributed by atoms with E-state index in [0.29, 0.717) is 19.4 Å². The summed E-state index contributed by atoms with van der Waals surface area (Å²) >= 11 is 11.9. The molecule has 1 fully saturated rings. The molecule has 1 heterocycles. The van der Waals surface area contributed by atoms with Gasteiger partial charge in [0.05, 0.1) is 17.5 Å². The number of aliphatic hydroxyl groups is 1. The van der Waals surface area contributed by atoms with Gasteiger partial charge >= 0.3 is 0 Å². The molecule has 1 amide bonds. The Morgan fingerprint density at radius 1 is 1.39 bits per heavy atom. The lowest BCUT2D eigenvalue weighted by Crippen LogP contribution is -2.45. The quantitative estimate of drug-likeness (QED) is 0.810. The fourth-order valence-electron chi connectivity index (χ4n) is 2.51. The van der Waals surface area contributed by atoms with E-state index in [1.807, 2.05) is 0 Å². The van der Waals surface area contributed by atoms with Gasteiger partial charge in [0.2, 0.25) is 15.9 Å². The highest BCUT2D eigenvalue weighted by Crippen LogP contribution is 2.30. The molecule has 23 heavy (non-hydrogen) atoms. The maximum absolute atomic E-state index is 12.8. The van der Waals surface area contributed by atoms with Gasteiger partial charge in [0.15, 0.2) is 0 Å². The monoisotopic (exact) mass is 380 g/mol. The Hall–Kier alpha value is -0.860. The maximum Gasteiger partial charge on any atom is 0.244 e. The largest absolute Gasteiger partial charge is 0.395 e. The van der Waals surface area contributed by atoms with Gasteiger partial charge in [-0.05, 0) is 31.0 Å². The summed E-state index contributed by atoms with van der Waals surface area (Å²) in [5, 5.41) is 11.7. The van der Waals surface area contributed by atoms with Crippen LogP contribution in [0.4, 0.5) is 0 Å². The number of hydrogen-bond acceptors (Lipinski definition) is 4. The van der Waals surface area contributed by atoms with Crippen LogP contribution >= 0.6 is 23.2 Å². The molecule has 9 heteroatoms. The Bertz CT molecular complexity index is 681. The number of nitrogens with one attached hydrogen (secondary N) is 1. The second-order valence-corrected chi connectivity index (χ2v) is 8.04. The zero-order valence-corrected chi connectivity index (χ0v) is 14.7. The van der Waals surface area contributed by atoms with Gasteiger partial charge in [-0.2, -0.15) is 4.31 Å². The molecule has 0 unspecified atom stereocenters. The second-order valence-electron chi connectivity index (χ2n) is 5.29. The smallest absolute Gasteiger partial charge is 0.244 e. The molecule has 1 aliphatic heterocycles. The molecule has 0 saturated carbocycles. The topological polar surface area (TPSA) is 86.7 Å². The third kappa shape index (κ3) is 4.36. The number of sulfonamides is 1. The Labute approximate surface area is 145 Å². The van der Waals surface area contributed by atoms with E-state index in [2.05, 4.69) is 5.32 Å². The number of hydrogen-bond donors (Lipinski definition) is 2. The minimum Gasteiger partial charge on any atom is -0.395 e. The van der Waals surface area contributed by atoms with Crippen LogP contribution < -0.4 is 5.32 Å². The summed E-state index contributed by atoms with van der Waals surface area (Å²) in [4.78, 5) is 11.9. The SMILES string of the molecule is O=C(NCCO)[C@H]1CCCN(S(=O)(=O)c2cc(Cl)ccc2Cl)C1. The molecule has 0 spiro atoms. The average Bonchev–Trinajstić information content (AvgIpc) is 2.54. The molecule has 128 valence electrons. The van der Waals surface area contributed by atoms with Crippen molar-refractivity contribution in [2.45, 2.75) is 17.7 Å². The Balaban J connectivity index is 2.19. The number of piperidine rings is 1. The lowest BCUT2D eigenvalue weighted by atomic mass is 9.99. The number of carbonyl (C=O) groups excluding carboxylic acids is 1. The van der Waals surface area contributed by atoms with Crippen molar-refractivity contribution in [1.82, 2.24) is 9.62 Å². The van der Waals surface area contributed by atoms with Crippen LogP contribution in [0, 0.1) is 5.92 Å². The molecule has 2 N–H and O–H groups in total. The first-order valence-corrected chi connectivity index (χ1v) is 9.39. The van der Waals surface area contributed by atoms with E-state index in [-0.39, 0.29) is 40.5 Å². The number of rotatable bonds is 5. The fourth-order valence-corrected chi connectivity index (χ4v) is 4.77. The molecule has 1 saturated heterocycles. The molecule has 0 aliphatic carbocycles. The van der Waals surface area contributed by atoms with Crippen molar-refractivity contribution in [3.05, 3.63) is 28.2 Å². The molecule has 2 rings (SSSR count). The van der Waals surface area contributed by atoms with E-state index in [4.69, 9.17) is 28.3 Å². The summed E-state index contributed by atoms with van der Waals surface area (Å²) < 4.78 is 26.8. The summed E-state index contributed by atoms with van der Waals surface area (Å²) in [6.45, 7) is 0.415.